The van der Waals surface area contributed by atoms with Crippen LogP contribution in [0.5, 0.6) is 17.2 Å². The van der Waals surface area contributed by atoms with Gasteiger partial charge in [-0.25, -0.2) is 4.98 Å². The molecule has 1 aromatic heterocycles. The van der Waals surface area contributed by atoms with Crippen molar-refractivity contribution in [2.24, 2.45) is 0 Å². The highest BCUT2D eigenvalue weighted by atomic mass is 16.3. The number of benzene rings is 3. The average molecular weight is 386 g/mol. The monoisotopic (exact) mass is 386 g/mol. The first kappa shape index (κ1) is 18.6. The second-order valence-electron chi connectivity index (χ2n) is 6.92. The number of phenols is 3. The van der Waals surface area contributed by atoms with E-state index >= 15 is 0 Å². The highest BCUT2D eigenvalue weighted by molar-refractivity contribution is 5.82. The summed E-state index contributed by atoms with van der Waals surface area (Å²) in [6.07, 6.45) is 0.918. The van der Waals surface area contributed by atoms with Gasteiger partial charge in [0.2, 0.25) is 0 Å². The molecular formula is C24H22N2O3. The Balaban J connectivity index is 1.99. The molecule has 4 aromatic rings. The van der Waals surface area contributed by atoms with Crippen LogP contribution in [0.1, 0.15) is 13.3 Å². The summed E-state index contributed by atoms with van der Waals surface area (Å²) >= 11 is 0. The molecule has 0 saturated heterocycles. The first-order valence-electron chi connectivity index (χ1n) is 9.55. The summed E-state index contributed by atoms with van der Waals surface area (Å²) in [5, 5.41) is 29.1. The average Bonchev–Trinajstić information content (AvgIpc) is 3.09. The van der Waals surface area contributed by atoms with E-state index < -0.39 is 0 Å². The van der Waals surface area contributed by atoms with E-state index in [1.807, 2.05) is 36.4 Å². The smallest absolute Gasteiger partial charge is 0.141 e. The zero-order valence-electron chi connectivity index (χ0n) is 16.1. The second kappa shape index (κ2) is 7.72. The molecule has 1 heterocycles. The number of rotatable bonds is 5. The normalized spacial score (nSPS) is 10.9. The maximum atomic E-state index is 9.73. The number of imidazole rings is 1. The van der Waals surface area contributed by atoms with E-state index in [0.29, 0.717) is 0 Å². The molecule has 0 fully saturated rings. The Kier molecular flexibility index (Phi) is 4.96. The van der Waals surface area contributed by atoms with E-state index in [9.17, 15) is 15.3 Å². The molecule has 0 amide bonds. The molecule has 0 bridgehead atoms. The van der Waals surface area contributed by atoms with Gasteiger partial charge in [-0.15, -0.1) is 0 Å². The fourth-order valence-corrected chi connectivity index (χ4v) is 3.46. The zero-order chi connectivity index (χ0) is 20.4. The van der Waals surface area contributed by atoms with Crippen molar-refractivity contribution in [2.45, 2.75) is 19.9 Å². The Morgan fingerprint density at radius 1 is 0.655 bits per heavy atom. The molecule has 3 N–H and O–H groups in total. The van der Waals surface area contributed by atoms with Crippen molar-refractivity contribution in [2.75, 3.05) is 0 Å². The fraction of sp³-hybridized carbons (Fsp3) is 0.125. The number of hydrogen-bond acceptors (Lipinski definition) is 4. The summed E-state index contributed by atoms with van der Waals surface area (Å²) in [7, 11) is 0. The SMILES string of the molecule is CCCn1c(-c2ccc(O)cc2)nc(-c2ccc(O)cc2)c1-c1ccc(O)cc1. The summed E-state index contributed by atoms with van der Waals surface area (Å²) in [5.74, 6) is 1.42. The van der Waals surface area contributed by atoms with Crippen molar-refractivity contribution in [3.05, 3.63) is 72.8 Å². The van der Waals surface area contributed by atoms with E-state index in [-0.39, 0.29) is 17.2 Å². The first-order valence-corrected chi connectivity index (χ1v) is 9.55. The zero-order valence-corrected chi connectivity index (χ0v) is 16.1. The number of nitrogens with zero attached hydrogens (tertiary/aromatic N) is 2. The van der Waals surface area contributed by atoms with Crippen LogP contribution in [0.15, 0.2) is 72.8 Å². The molecular weight excluding hydrogens is 364 g/mol. The molecule has 0 spiro atoms. The van der Waals surface area contributed by atoms with Crippen LogP contribution in [-0.4, -0.2) is 24.9 Å². The predicted octanol–water partition coefficient (Wildman–Crippen LogP) is 5.41. The quantitative estimate of drug-likeness (QED) is 0.428. The summed E-state index contributed by atoms with van der Waals surface area (Å²) in [6, 6.07) is 21.1. The molecule has 0 atom stereocenters. The minimum Gasteiger partial charge on any atom is -0.508 e. The lowest BCUT2D eigenvalue weighted by molar-refractivity contribution is 0.475. The topological polar surface area (TPSA) is 78.5 Å². The third-order valence-electron chi connectivity index (χ3n) is 4.82. The molecule has 0 saturated carbocycles. The van der Waals surface area contributed by atoms with Gasteiger partial charge in [-0.2, -0.15) is 0 Å². The van der Waals surface area contributed by atoms with Gasteiger partial charge in [-0.05, 0) is 79.2 Å². The molecule has 0 aliphatic carbocycles. The lowest BCUT2D eigenvalue weighted by Crippen LogP contribution is -2.02. The van der Waals surface area contributed by atoms with Crippen LogP contribution >= 0.6 is 0 Å². The van der Waals surface area contributed by atoms with Gasteiger partial charge in [-0.1, -0.05) is 6.92 Å². The van der Waals surface area contributed by atoms with Gasteiger partial charge < -0.3 is 19.9 Å². The van der Waals surface area contributed by atoms with Crippen molar-refractivity contribution in [3.63, 3.8) is 0 Å². The lowest BCUT2D eigenvalue weighted by Gasteiger charge is -2.13. The van der Waals surface area contributed by atoms with Gasteiger partial charge >= 0.3 is 0 Å². The van der Waals surface area contributed by atoms with Crippen LogP contribution in [0.3, 0.4) is 0 Å². The summed E-state index contributed by atoms with van der Waals surface area (Å²) < 4.78 is 2.17. The van der Waals surface area contributed by atoms with E-state index in [2.05, 4.69) is 11.5 Å². The molecule has 5 heteroatoms. The van der Waals surface area contributed by atoms with E-state index in [1.165, 1.54) is 0 Å². The largest absolute Gasteiger partial charge is 0.508 e. The van der Waals surface area contributed by atoms with Crippen LogP contribution < -0.4 is 0 Å². The standard InChI is InChI=1S/C24H22N2O3/c1-2-15-26-23(17-5-11-20(28)12-6-17)22(16-3-9-19(27)10-4-16)25-24(26)18-7-13-21(29)14-8-18/h3-14,27-29H,2,15H2,1H3. The lowest BCUT2D eigenvalue weighted by atomic mass is 10.0. The molecule has 4 rings (SSSR count). The molecule has 146 valence electrons. The van der Waals surface area contributed by atoms with Crippen LogP contribution in [0.25, 0.3) is 33.9 Å². The number of hydrogen-bond donors (Lipinski definition) is 3. The molecule has 0 aliphatic rings. The van der Waals surface area contributed by atoms with Gasteiger partial charge in [0, 0.05) is 23.2 Å². The van der Waals surface area contributed by atoms with Gasteiger partial charge in [0.1, 0.15) is 23.1 Å². The Hall–Kier alpha value is -3.73. The summed E-state index contributed by atoms with van der Waals surface area (Å²) in [4.78, 5) is 4.96. The molecule has 3 aromatic carbocycles. The van der Waals surface area contributed by atoms with Gasteiger partial charge in [-0.3, -0.25) is 0 Å². The molecule has 0 aliphatic heterocycles. The maximum Gasteiger partial charge on any atom is 0.141 e. The Bertz CT molecular complexity index is 1110. The number of aromatic nitrogens is 2. The van der Waals surface area contributed by atoms with Crippen molar-refractivity contribution in [3.8, 4) is 51.2 Å². The maximum absolute atomic E-state index is 9.73. The van der Waals surface area contributed by atoms with E-state index in [1.54, 1.807) is 36.4 Å². The highest BCUT2D eigenvalue weighted by Gasteiger charge is 2.21. The van der Waals surface area contributed by atoms with Crippen molar-refractivity contribution < 1.29 is 15.3 Å². The molecule has 0 radical (unpaired) electrons. The van der Waals surface area contributed by atoms with E-state index in [0.717, 1.165) is 46.9 Å². The Morgan fingerprint density at radius 3 is 1.59 bits per heavy atom. The van der Waals surface area contributed by atoms with Crippen LogP contribution in [0, 0.1) is 0 Å². The van der Waals surface area contributed by atoms with Gasteiger partial charge in [0.05, 0.1) is 11.4 Å². The predicted molar refractivity (Wildman–Crippen MR) is 114 cm³/mol. The van der Waals surface area contributed by atoms with Crippen molar-refractivity contribution in [1.29, 1.82) is 0 Å². The molecule has 5 nitrogen and oxygen atoms in total. The minimum atomic E-state index is 0.201. The highest BCUT2D eigenvalue weighted by Crippen LogP contribution is 2.37. The van der Waals surface area contributed by atoms with Crippen molar-refractivity contribution >= 4 is 0 Å². The second-order valence-corrected chi connectivity index (χ2v) is 6.92. The summed E-state index contributed by atoms with van der Waals surface area (Å²) in [5.41, 5.74) is 4.48. The fourth-order valence-electron chi connectivity index (χ4n) is 3.46. The van der Waals surface area contributed by atoms with Gasteiger partial charge in [0.15, 0.2) is 0 Å². The van der Waals surface area contributed by atoms with E-state index in [4.69, 9.17) is 4.98 Å². The first-order chi connectivity index (χ1) is 14.1. The third kappa shape index (κ3) is 3.67. The van der Waals surface area contributed by atoms with Crippen LogP contribution in [0.2, 0.25) is 0 Å². The molecule has 29 heavy (non-hydrogen) atoms. The number of aromatic hydroxyl groups is 3. The molecule has 0 unspecified atom stereocenters. The third-order valence-corrected chi connectivity index (χ3v) is 4.82. The number of phenolic OH excluding ortho intramolecular Hbond substituents is 3. The van der Waals surface area contributed by atoms with Gasteiger partial charge in [0.25, 0.3) is 0 Å². The van der Waals surface area contributed by atoms with Crippen LogP contribution in [-0.2, 0) is 6.54 Å². The minimum absolute atomic E-state index is 0.201. The summed E-state index contributed by atoms with van der Waals surface area (Å²) in [6.45, 7) is 2.87. The van der Waals surface area contributed by atoms with Crippen LogP contribution in [0.4, 0.5) is 0 Å². The van der Waals surface area contributed by atoms with Crippen molar-refractivity contribution in [1.82, 2.24) is 9.55 Å². The Labute approximate surface area is 169 Å². The Morgan fingerprint density at radius 2 is 1.10 bits per heavy atom.